The van der Waals surface area contributed by atoms with E-state index < -0.39 is 0 Å². The molecule has 1 saturated carbocycles. The van der Waals surface area contributed by atoms with Gasteiger partial charge in [0.15, 0.2) is 0 Å². The van der Waals surface area contributed by atoms with Crippen LogP contribution in [0.5, 0.6) is 5.75 Å². The van der Waals surface area contributed by atoms with Gasteiger partial charge in [0.1, 0.15) is 5.75 Å². The Balaban J connectivity index is 0.00000132. The number of rotatable bonds is 9. The minimum absolute atomic E-state index is 0.0472. The summed E-state index contributed by atoms with van der Waals surface area (Å²) in [6.07, 6.45) is 3.89. The number of benzene rings is 1. The summed E-state index contributed by atoms with van der Waals surface area (Å²) in [5.41, 5.74) is 1.08. The lowest BCUT2D eigenvalue weighted by molar-refractivity contribution is -0.128. The standard InChI is InChI=1S/C21H34N2O3.CH2O2/c1-5-12-26-20-11-8-17(13-19(20)23-15(2)3)21(24)22-14-16-6-9-18(25-4)10-7-16;2-1-3/h6-7,9-10,15,17,19-20,23H,5,8,11-14H2,1-4H3,(H,22,24);1H,(H,2,3)/t17-,19+,20+;/m0./s1. The number of hydrogen-bond acceptors (Lipinski definition) is 5. The van der Waals surface area contributed by atoms with Gasteiger partial charge in [-0.2, -0.15) is 0 Å². The molecule has 1 aliphatic carbocycles. The van der Waals surface area contributed by atoms with Gasteiger partial charge in [0, 0.05) is 31.2 Å². The van der Waals surface area contributed by atoms with Crippen molar-refractivity contribution in [2.24, 2.45) is 5.92 Å². The smallest absolute Gasteiger partial charge is 0.290 e. The van der Waals surface area contributed by atoms with Crippen LogP contribution < -0.4 is 15.4 Å². The lowest BCUT2D eigenvalue weighted by Crippen LogP contribution is -2.50. The van der Waals surface area contributed by atoms with E-state index in [9.17, 15) is 4.79 Å². The molecule has 0 spiro atoms. The van der Waals surface area contributed by atoms with Crippen molar-refractivity contribution in [2.75, 3.05) is 13.7 Å². The van der Waals surface area contributed by atoms with E-state index >= 15 is 0 Å². The van der Waals surface area contributed by atoms with Crippen LogP contribution in [0.25, 0.3) is 0 Å². The molecule has 1 amide bonds. The second-order valence-corrected chi connectivity index (χ2v) is 7.52. The molecular weight excluding hydrogens is 372 g/mol. The Morgan fingerprint density at radius 3 is 2.48 bits per heavy atom. The maximum Gasteiger partial charge on any atom is 0.290 e. The van der Waals surface area contributed by atoms with Gasteiger partial charge in [-0.05, 0) is 43.4 Å². The number of ether oxygens (including phenoxy) is 2. The van der Waals surface area contributed by atoms with Gasteiger partial charge in [-0.3, -0.25) is 9.59 Å². The zero-order chi connectivity index (χ0) is 21.6. The van der Waals surface area contributed by atoms with Crippen LogP contribution in [0.1, 0.15) is 52.0 Å². The first-order valence-electron chi connectivity index (χ1n) is 10.3. The zero-order valence-electron chi connectivity index (χ0n) is 18.0. The average molecular weight is 409 g/mol. The maximum absolute atomic E-state index is 12.6. The summed E-state index contributed by atoms with van der Waals surface area (Å²) < 4.78 is 11.2. The number of methoxy groups -OCH3 is 1. The van der Waals surface area contributed by atoms with Crippen molar-refractivity contribution in [3.05, 3.63) is 29.8 Å². The van der Waals surface area contributed by atoms with Crippen molar-refractivity contribution in [3.63, 3.8) is 0 Å². The van der Waals surface area contributed by atoms with Crippen LogP contribution in [0, 0.1) is 5.92 Å². The SMILES string of the molecule is CCCO[C@@H]1CC[C@H](C(=O)NCc2ccc(OC)cc2)C[C@H]1NC(C)C.O=CO. The van der Waals surface area contributed by atoms with Crippen LogP contribution in [0.2, 0.25) is 0 Å². The molecule has 7 nitrogen and oxygen atoms in total. The minimum Gasteiger partial charge on any atom is -0.497 e. The van der Waals surface area contributed by atoms with Gasteiger partial charge in [-0.15, -0.1) is 0 Å². The molecule has 2 rings (SSSR count). The van der Waals surface area contributed by atoms with E-state index in [0.717, 1.165) is 43.6 Å². The highest BCUT2D eigenvalue weighted by atomic mass is 16.5. The third kappa shape index (κ3) is 9.28. The lowest BCUT2D eigenvalue weighted by Gasteiger charge is -2.37. The summed E-state index contributed by atoms with van der Waals surface area (Å²) in [5, 5.41) is 13.6. The topological polar surface area (TPSA) is 96.9 Å². The Morgan fingerprint density at radius 1 is 1.28 bits per heavy atom. The van der Waals surface area contributed by atoms with Gasteiger partial charge < -0.3 is 25.2 Å². The molecule has 1 aromatic carbocycles. The minimum atomic E-state index is -0.250. The molecule has 7 heteroatoms. The van der Waals surface area contributed by atoms with Gasteiger partial charge >= 0.3 is 0 Å². The Bertz CT molecular complexity index is 591. The van der Waals surface area contributed by atoms with Crippen LogP contribution in [-0.4, -0.2) is 49.4 Å². The molecule has 0 bridgehead atoms. The fourth-order valence-electron chi connectivity index (χ4n) is 3.53. The molecule has 29 heavy (non-hydrogen) atoms. The number of hydrogen-bond donors (Lipinski definition) is 3. The Hall–Kier alpha value is -2.12. The molecule has 0 unspecified atom stereocenters. The molecule has 3 atom stereocenters. The normalized spacial score (nSPS) is 21.1. The van der Waals surface area contributed by atoms with E-state index in [1.54, 1.807) is 7.11 Å². The van der Waals surface area contributed by atoms with Crippen molar-refractivity contribution in [1.29, 1.82) is 0 Å². The van der Waals surface area contributed by atoms with Crippen molar-refractivity contribution < 1.29 is 24.2 Å². The fraction of sp³-hybridized carbons (Fsp3) is 0.636. The number of amides is 1. The largest absolute Gasteiger partial charge is 0.497 e. The Labute approximate surface area is 174 Å². The summed E-state index contributed by atoms with van der Waals surface area (Å²) in [5.74, 6) is 1.02. The van der Waals surface area contributed by atoms with E-state index in [1.165, 1.54) is 0 Å². The second kappa shape index (κ2) is 14.0. The summed E-state index contributed by atoms with van der Waals surface area (Å²) in [4.78, 5) is 21.0. The summed E-state index contributed by atoms with van der Waals surface area (Å²) >= 11 is 0. The molecule has 1 fully saturated rings. The summed E-state index contributed by atoms with van der Waals surface area (Å²) in [6.45, 7) is 7.50. The summed E-state index contributed by atoms with van der Waals surface area (Å²) in [6, 6.07) is 8.43. The number of carbonyl (C=O) groups excluding carboxylic acids is 1. The highest BCUT2D eigenvalue weighted by Crippen LogP contribution is 2.27. The predicted molar refractivity (Wildman–Crippen MR) is 113 cm³/mol. The summed E-state index contributed by atoms with van der Waals surface area (Å²) in [7, 11) is 1.65. The van der Waals surface area contributed by atoms with E-state index in [4.69, 9.17) is 19.4 Å². The van der Waals surface area contributed by atoms with Crippen molar-refractivity contribution in [2.45, 2.75) is 71.2 Å². The first-order chi connectivity index (χ1) is 13.9. The van der Waals surface area contributed by atoms with Crippen molar-refractivity contribution in [3.8, 4) is 5.75 Å². The number of nitrogens with one attached hydrogen (secondary N) is 2. The van der Waals surface area contributed by atoms with E-state index in [0.29, 0.717) is 12.6 Å². The first-order valence-corrected chi connectivity index (χ1v) is 10.3. The average Bonchev–Trinajstić information content (AvgIpc) is 2.71. The van der Waals surface area contributed by atoms with Crippen LogP contribution in [0.15, 0.2) is 24.3 Å². The Kier molecular flexibility index (Phi) is 12.0. The molecule has 1 aromatic rings. The van der Waals surface area contributed by atoms with Gasteiger partial charge in [0.05, 0.1) is 13.2 Å². The van der Waals surface area contributed by atoms with E-state index in [2.05, 4.69) is 31.4 Å². The molecule has 0 heterocycles. The van der Waals surface area contributed by atoms with Gasteiger partial charge in [0.25, 0.3) is 6.47 Å². The van der Waals surface area contributed by atoms with Gasteiger partial charge in [0.2, 0.25) is 5.91 Å². The maximum atomic E-state index is 12.6. The molecule has 1 aliphatic rings. The van der Waals surface area contributed by atoms with Gasteiger partial charge in [-0.1, -0.05) is 32.9 Å². The van der Waals surface area contributed by atoms with Crippen molar-refractivity contribution in [1.82, 2.24) is 10.6 Å². The molecule has 0 aliphatic heterocycles. The number of carboxylic acid groups (broad SMARTS) is 1. The molecule has 3 N–H and O–H groups in total. The van der Waals surface area contributed by atoms with Crippen molar-refractivity contribution >= 4 is 12.4 Å². The third-order valence-corrected chi connectivity index (χ3v) is 4.87. The van der Waals surface area contributed by atoms with Crippen LogP contribution >= 0.6 is 0 Å². The van der Waals surface area contributed by atoms with Gasteiger partial charge in [-0.25, -0.2) is 0 Å². The quantitative estimate of drug-likeness (QED) is 0.544. The highest BCUT2D eigenvalue weighted by Gasteiger charge is 2.34. The second-order valence-electron chi connectivity index (χ2n) is 7.52. The number of carbonyl (C=O) groups is 2. The van der Waals surface area contributed by atoms with Crippen LogP contribution in [-0.2, 0) is 20.9 Å². The Morgan fingerprint density at radius 2 is 1.93 bits per heavy atom. The third-order valence-electron chi connectivity index (χ3n) is 4.87. The van der Waals surface area contributed by atoms with Crippen LogP contribution in [0.3, 0.4) is 0 Å². The molecule has 164 valence electrons. The van der Waals surface area contributed by atoms with Crippen LogP contribution in [0.4, 0.5) is 0 Å². The zero-order valence-corrected chi connectivity index (χ0v) is 18.0. The molecular formula is C22H36N2O5. The molecule has 0 radical (unpaired) electrons. The highest BCUT2D eigenvalue weighted by molar-refractivity contribution is 5.78. The molecule has 0 aromatic heterocycles. The van der Waals surface area contributed by atoms with E-state index in [1.807, 2.05) is 24.3 Å². The molecule has 0 saturated heterocycles. The monoisotopic (exact) mass is 408 g/mol. The predicted octanol–water partition coefficient (Wildman–Crippen LogP) is 2.97. The lowest BCUT2D eigenvalue weighted by atomic mass is 9.82. The fourth-order valence-corrected chi connectivity index (χ4v) is 3.53. The first kappa shape index (κ1) is 24.9. The van der Waals surface area contributed by atoms with E-state index in [-0.39, 0.29) is 30.4 Å².